The van der Waals surface area contributed by atoms with Crippen LogP contribution >= 0.6 is 0 Å². The predicted octanol–water partition coefficient (Wildman–Crippen LogP) is -11.2. The van der Waals surface area contributed by atoms with E-state index >= 15 is 0 Å². The minimum absolute atomic E-state index is 0. The number of carbonyl (C=O) groups excluding carboxylic acids is 4. The standard InChI is InChI=1S/C22H29NO8.3Na/c1-3-15(14-7-5-4-6-8-14)17(19(24)23-9-11-31-12-10-23)18(22(29)30)16(21(27)28)13(2)20(25)26;;;/h4-8,13,15-18H,3,9-12H2,1-2H3,(H,25,26)(H,27,28)(H,29,30);;;/q;3*+1/p-3. The molecule has 9 nitrogen and oxygen atoms in total. The fourth-order valence-electron chi connectivity index (χ4n) is 4.29. The molecule has 1 amide bonds. The molecule has 0 bridgehead atoms. The summed E-state index contributed by atoms with van der Waals surface area (Å²) < 4.78 is 5.25. The zero-order chi connectivity index (χ0) is 23.1. The largest absolute Gasteiger partial charge is 1.00 e. The van der Waals surface area contributed by atoms with Crippen LogP contribution in [-0.4, -0.2) is 55.0 Å². The van der Waals surface area contributed by atoms with Crippen LogP contribution in [0.2, 0.25) is 0 Å². The fraction of sp³-hybridized carbons (Fsp3) is 0.545. The predicted molar refractivity (Wildman–Crippen MR) is 102 cm³/mol. The van der Waals surface area contributed by atoms with Crippen LogP contribution in [0.5, 0.6) is 0 Å². The summed E-state index contributed by atoms with van der Waals surface area (Å²) in [6.07, 6.45) is 0.314. The number of rotatable bonds is 10. The molecule has 1 aliphatic rings. The number of carbonyl (C=O) groups is 4. The number of amides is 1. The topological polar surface area (TPSA) is 150 Å². The van der Waals surface area contributed by atoms with E-state index in [0.717, 1.165) is 6.92 Å². The van der Waals surface area contributed by atoms with E-state index in [2.05, 4.69) is 0 Å². The van der Waals surface area contributed by atoms with Crippen molar-refractivity contribution < 1.29 is 128 Å². The van der Waals surface area contributed by atoms with Gasteiger partial charge >= 0.3 is 88.7 Å². The molecule has 1 saturated heterocycles. The number of hydrogen-bond acceptors (Lipinski definition) is 8. The zero-order valence-corrected chi connectivity index (χ0v) is 26.5. The van der Waals surface area contributed by atoms with Gasteiger partial charge in [-0.05, 0) is 17.9 Å². The van der Waals surface area contributed by atoms with Gasteiger partial charge < -0.3 is 39.3 Å². The van der Waals surface area contributed by atoms with Gasteiger partial charge in [0.05, 0.1) is 19.1 Å². The monoisotopic (exact) mass is 501 g/mol. The molecule has 0 saturated carbocycles. The van der Waals surface area contributed by atoms with E-state index < -0.39 is 53.4 Å². The molecule has 1 fully saturated rings. The first-order valence-corrected chi connectivity index (χ1v) is 10.2. The maximum atomic E-state index is 13.5. The van der Waals surface area contributed by atoms with Crippen molar-refractivity contribution in [3.05, 3.63) is 35.9 Å². The Morgan fingerprint density at radius 3 is 1.76 bits per heavy atom. The van der Waals surface area contributed by atoms with Gasteiger partial charge in [-0.15, -0.1) is 0 Å². The second-order valence-corrected chi connectivity index (χ2v) is 7.69. The molecule has 1 aromatic carbocycles. The van der Waals surface area contributed by atoms with Crippen LogP contribution in [0.3, 0.4) is 0 Å². The van der Waals surface area contributed by atoms with Crippen molar-refractivity contribution >= 4 is 23.8 Å². The van der Waals surface area contributed by atoms with Gasteiger partial charge in [0.1, 0.15) is 0 Å². The van der Waals surface area contributed by atoms with Crippen LogP contribution in [0, 0.1) is 23.7 Å². The van der Waals surface area contributed by atoms with Crippen molar-refractivity contribution in [1.29, 1.82) is 0 Å². The summed E-state index contributed by atoms with van der Waals surface area (Å²) in [7, 11) is 0. The van der Waals surface area contributed by atoms with Gasteiger partial charge in [0.15, 0.2) is 0 Å². The molecule has 34 heavy (non-hydrogen) atoms. The summed E-state index contributed by atoms with van der Waals surface area (Å²) in [5, 5.41) is 35.6. The molecule has 2 rings (SSSR count). The SMILES string of the molecule is CCC(c1ccccc1)C(C(=O)N1CCOCC1)C(C(=O)[O-])C(C(=O)[O-])C(C)C(=O)[O-].[Na+].[Na+].[Na+]. The maximum Gasteiger partial charge on any atom is 1.00 e. The van der Waals surface area contributed by atoms with Gasteiger partial charge in [-0.2, -0.15) is 0 Å². The smallest absolute Gasteiger partial charge is 0.550 e. The van der Waals surface area contributed by atoms with Crippen molar-refractivity contribution in [1.82, 2.24) is 4.90 Å². The maximum absolute atomic E-state index is 13.5. The average molecular weight is 501 g/mol. The number of hydrogen-bond donors (Lipinski definition) is 0. The molecule has 5 atom stereocenters. The Bertz CT molecular complexity index is 805. The zero-order valence-electron chi connectivity index (χ0n) is 20.5. The average Bonchev–Trinajstić information content (AvgIpc) is 2.76. The second-order valence-electron chi connectivity index (χ2n) is 7.69. The van der Waals surface area contributed by atoms with Crippen molar-refractivity contribution in [2.24, 2.45) is 23.7 Å². The first-order chi connectivity index (χ1) is 14.7. The number of benzene rings is 1. The number of morpholine rings is 1. The van der Waals surface area contributed by atoms with Gasteiger partial charge in [-0.1, -0.05) is 44.2 Å². The summed E-state index contributed by atoms with van der Waals surface area (Å²) in [5.74, 6) is -13.7. The third kappa shape index (κ3) is 9.18. The number of aliphatic carboxylic acids is 3. The minimum Gasteiger partial charge on any atom is -0.550 e. The second kappa shape index (κ2) is 17.5. The van der Waals surface area contributed by atoms with E-state index in [4.69, 9.17) is 4.74 Å². The minimum atomic E-state index is -2.01. The molecule has 0 spiro atoms. The molecular formula is C22H26NNa3O8. The van der Waals surface area contributed by atoms with Gasteiger partial charge in [0.2, 0.25) is 5.91 Å². The molecule has 0 N–H and O–H groups in total. The van der Waals surface area contributed by atoms with Crippen LogP contribution < -0.4 is 104 Å². The molecule has 5 unspecified atom stereocenters. The summed E-state index contributed by atoms with van der Waals surface area (Å²) in [4.78, 5) is 50.6. The van der Waals surface area contributed by atoms with Crippen molar-refractivity contribution in [2.75, 3.05) is 26.3 Å². The van der Waals surface area contributed by atoms with Crippen LogP contribution in [0.25, 0.3) is 0 Å². The summed E-state index contributed by atoms with van der Waals surface area (Å²) in [6.45, 7) is 3.73. The number of ether oxygens (including phenoxy) is 1. The first-order valence-electron chi connectivity index (χ1n) is 10.2. The molecule has 1 aliphatic heterocycles. The van der Waals surface area contributed by atoms with Crippen LogP contribution in [0.1, 0.15) is 31.7 Å². The van der Waals surface area contributed by atoms with E-state index in [9.17, 15) is 34.5 Å². The molecule has 170 valence electrons. The third-order valence-electron chi connectivity index (χ3n) is 5.94. The van der Waals surface area contributed by atoms with E-state index in [1.807, 2.05) is 0 Å². The van der Waals surface area contributed by atoms with Gasteiger partial charge in [-0.3, -0.25) is 4.79 Å². The number of carboxylic acid groups (broad SMARTS) is 3. The van der Waals surface area contributed by atoms with Crippen molar-refractivity contribution in [3.8, 4) is 0 Å². The Morgan fingerprint density at radius 1 is 0.853 bits per heavy atom. The molecule has 12 heteroatoms. The van der Waals surface area contributed by atoms with Crippen molar-refractivity contribution in [2.45, 2.75) is 26.2 Å². The summed E-state index contributed by atoms with van der Waals surface area (Å²) in [5.41, 5.74) is 0.640. The van der Waals surface area contributed by atoms with Gasteiger partial charge in [0, 0.05) is 48.8 Å². The summed E-state index contributed by atoms with van der Waals surface area (Å²) in [6, 6.07) is 8.64. The van der Waals surface area contributed by atoms with Crippen LogP contribution in [0.15, 0.2) is 30.3 Å². The molecule has 1 aromatic rings. The van der Waals surface area contributed by atoms with Gasteiger partial charge in [0.25, 0.3) is 0 Å². The Hall–Kier alpha value is 0.0600. The Morgan fingerprint density at radius 2 is 1.35 bits per heavy atom. The van der Waals surface area contributed by atoms with E-state index in [1.54, 1.807) is 37.3 Å². The Kier molecular flexibility index (Phi) is 18.6. The number of nitrogens with zero attached hydrogens (tertiary/aromatic N) is 1. The molecule has 1 heterocycles. The quantitative estimate of drug-likeness (QED) is 0.287. The number of carboxylic acids is 3. The van der Waals surface area contributed by atoms with E-state index in [0.29, 0.717) is 12.0 Å². The first kappa shape index (κ1) is 36.2. The molecular weight excluding hydrogens is 475 g/mol. The molecule has 0 aromatic heterocycles. The Balaban J connectivity index is 0. The molecule has 0 radical (unpaired) electrons. The third-order valence-corrected chi connectivity index (χ3v) is 5.94. The molecule has 0 aliphatic carbocycles. The normalized spacial score (nSPS) is 17.3. The fourth-order valence-corrected chi connectivity index (χ4v) is 4.29. The summed E-state index contributed by atoms with van der Waals surface area (Å²) >= 11 is 0. The Labute approximate surface area is 265 Å². The van der Waals surface area contributed by atoms with E-state index in [1.165, 1.54) is 4.90 Å². The van der Waals surface area contributed by atoms with Crippen molar-refractivity contribution in [3.63, 3.8) is 0 Å². The van der Waals surface area contributed by atoms with Crippen LogP contribution in [-0.2, 0) is 23.9 Å². The van der Waals surface area contributed by atoms with E-state index in [-0.39, 0.29) is 115 Å². The van der Waals surface area contributed by atoms with Crippen LogP contribution in [0.4, 0.5) is 0 Å². The van der Waals surface area contributed by atoms with Gasteiger partial charge in [-0.25, -0.2) is 0 Å².